The molecule has 0 aliphatic rings. The van der Waals surface area contributed by atoms with Gasteiger partial charge in [-0.05, 0) is 29.7 Å². The first kappa shape index (κ1) is 18.3. The Bertz CT molecular complexity index is 734. The number of nitriles is 1. The molecule has 24 heavy (non-hydrogen) atoms. The molecule has 0 aliphatic carbocycles. The maximum absolute atomic E-state index is 9.79. The van der Waals surface area contributed by atoms with E-state index in [-0.39, 0.29) is 11.1 Å². The quantitative estimate of drug-likeness (QED) is 0.760. The first-order chi connectivity index (χ1) is 11.2. The fourth-order valence-corrected chi connectivity index (χ4v) is 4.99. The van der Waals surface area contributed by atoms with Crippen LogP contribution in [0.15, 0.2) is 48.5 Å². The van der Waals surface area contributed by atoms with Gasteiger partial charge in [-0.1, -0.05) is 81.0 Å². The van der Waals surface area contributed by atoms with E-state index in [0.717, 1.165) is 11.3 Å². The highest BCUT2D eigenvalue weighted by Crippen LogP contribution is 2.37. The molecule has 0 fully saturated rings. The molecular weight excluding hydrogens is 308 g/mol. The van der Waals surface area contributed by atoms with Crippen LogP contribution in [0.1, 0.15) is 37.9 Å². The van der Waals surface area contributed by atoms with E-state index in [4.69, 9.17) is 0 Å². The third-order valence-electron chi connectivity index (χ3n) is 5.31. The topological polar surface area (TPSA) is 35.8 Å². The molecule has 1 atom stereocenters. The number of nitrogens with zero attached hydrogens (tertiary/aromatic N) is 1. The predicted octanol–water partition coefficient (Wildman–Crippen LogP) is 5.39. The summed E-state index contributed by atoms with van der Waals surface area (Å²) in [5, 5.41) is 14.8. The second-order valence-corrected chi connectivity index (χ2v) is 13.3. The smallest absolute Gasteiger partial charge is 0.140 e. The fraction of sp³-hybridized carbons (Fsp3) is 0.381. The highest BCUT2D eigenvalue weighted by Gasteiger charge is 2.39. The average molecular weight is 337 g/mol. The molecule has 2 aromatic rings. The summed E-state index contributed by atoms with van der Waals surface area (Å²) in [5.41, 5.74) is 3.32. The van der Waals surface area contributed by atoms with Crippen LogP contribution in [0.25, 0.3) is 0 Å². The monoisotopic (exact) mass is 336 g/mol. The molecule has 3 heteroatoms. The second kappa shape index (κ2) is 6.82. The van der Waals surface area contributed by atoms with E-state index in [1.54, 1.807) is 0 Å². The second-order valence-electron chi connectivity index (χ2n) is 8.03. The lowest BCUT2D eigenvalue weighted by atomic mass is 10.1. The summed E-state index contributed by atoms with van der Waals surface area (Å²) in [6.07, 6.45) is 0. The predicted molar refractivity (Wildman–Crippen MR) is 106 cm³/mol. The number of rotatable bonds is 4. The molecule has 0 heterocycles. The molecule has 0 saturated heterocycles. The molecule has 0 amide bonds. The van der Waals surface area contributed by atoms with E-state index in [2.05, 4.69) is 82.5 Å². The third kappa shape index (κ3) is 3.71. The Balaban J connectivity index is 2.43. The summed E-state index contributed by atoms with van der Waals surface area (Å²) in [5.74, 6) is 0. The minimum atomic E-state index is -1.72. The molecule has 0 aromatic heterocycles. The maximum Gasteiger partial charge on any atom is 0.140 e. The van der Waals surface area contributed by atoms with Gasteiger partial charge in [0.1, 0.15) is 6.04 Å². The van der Waals surface area contributed by atoms with Crippen molar-refractivity contribution < 1.29 is 0 Å². The Labute approximate surface area is 147 Å². The Morgan fingerprint density at radius 1 is 1.00 bits per heavy atom. The van der Waals surface area contributed by atoms with Crippen molar-refractivity contribution in [2.75, 3.05) is 5.32 Å². The lowest BCUT2D eigenvalue weighted by Gasteiger charge is -2.39. The van der Waals surface area contributed by atoms with Crippen LogP contribution in [0.4, 0.5) is 5.69 Å². The summed E-state index contributed by atoms with van der Waals surface area (Å²) in [7, 11) is -1.72. The van der Waals surface area contributed by atoms with Crippen LogP contribution in [0.2, 0.25) is 18.1 Å². The molecule has 0 radical (unpaired) electrons. The minimum absolute atomic E-state index is 0.229. The van der Waals surface area contributed by atoms with E-state index in [1.165, 1.54) is 10.8 Å². The van der Waals surface area contributed by atoms with Gasteiger partial charge in [-0.3, -0.25) is 0 Å². The van der Waals surface area contributed by atoms with Crippen molar-refractivity contribution in [3.8, 4) is 6.07 Å². The van der Waals surface area contributed by atoms with Gasteiger partial charge >= 0.3 is 0 Å². The SMILES string of the molecule is Cc1ccc(NC(C#N)c2ccccc2[Si](C)(C)C(C)(C)C)cc1. The summed E-state index contributed by atoms with van der Waals surface area (Å²) in [6.45, 7) is 13.8. The number of hydrogen-bond donors (Lipinski definition) is 1. The highest BCUT2D eigenvalue weighted by atomic mass is 28.3. The van der Waals surface area contributed by atoms with E-state index in [9.17, 15) is 5.26 Å². The number of benzene rings is 2. The van der Waals surface area contributed by atoms with Gasteiger partial charge in [-0.25, -0.2) is 0 Å². The van der Waals surface area contributed by atoms with E-state index >= 15 is 0 Å². The van der Waals surface area contributed by atoms with Gasteiger partial charge < -0.3 is 5.32 Å². The Morgan fingerprint density at radius 2 is 1.58 bits per heavy atom. The molecule has 0 aliphatic heterocycles. The number of nitrogens with one attached hydrogen (secondary N) is 1. The van der Waals surface area contributed by atoms with Crippen LogP contribution in [0, 0.1) is 18.3 Å². The van der Waals surface area contributed by atoms with Crippen molar-refractivity contribution in [3.63, 3.8) is 0 Å². The summed E-state index contributed by atoms with van der Waals surface area (Å²) < 4.78 is 0. The Kier molecular flexibility index (Phi) is 5.20. The van der Waals surface area contributed by atoms with Gasteiger partial charge in [0.05, 0.1) is 14.1 Å². The van der Waals surface area contributed by atoms with Crippen molar-refractivity contribution in [2.24, 2.45) is 0 Å². The van der Waals surface area contributed by atoms with Gasteiger partial charge in [0.25, 0.3) is 0 Å². The molecule has 2 rings (SSSR count). The van der Waals surface area contributed by atoms with E-state index < -0.39 is 8.07 Å². The van der Waals surface area contributed by atoms with Gasteiger partial charge in [0.15, 0.2) is 0 Å². The molecule has 0 spiro atoms. The van der Waals surface area contributed by atoms with Gasteiger partial charge in [-0.15, -0.1) is 0 Å². The number of aryl methyl sites for hydroxylation is 1. The first-order valence-corrected chi connectivity index (χ1v) is 11.5. The van der Waals surface area contributed by atoms with E-state index in [1.807, 2.05) is 18.2 Å². The van der Waals surface area contributed by atoms with Crippen LogP contribution in [0.5, 0.6) is 0 Å². The zero-order valence-corrected chi connectivity index (χ0v) is 16.6. The number of hydrogen-bond acceptors (Lipinski definition) is 2. The Hall–Kier alpha value is -2.05. The molecule has 2 aromatic carbocycles. The van der Waals surface area contributed by atoms with Crippen molar-refractivity contribution in [1.29, 1.82) is 5.26 Å². The van der Waals surface area contributed by atoms with Crippen LogP contribution in [0.3, 0.4) is 0 Å². The number of anilines is 1. The summed E-state index contributed by atoms with van der Waals surface area (Å²) >= 11 is 0. The lowest BCUT2D eigenvalue weighted by molar-refractivity contribution is 0.728. The van der Waals surface area contributed by atoms with Gasteiger partial charge in [-0.2, -0.15) is 5.26 Å². The van der Waals surface area contributed by atoms with Gasteiger partial charge in [0.2, 0.25) is 0 Å². The normalized spacial score (nSPS) is 13.2. The minimum Gasteiger partial charge on any atom is -0.366 e. The molecular formula is C21H28N2Si. The standard InChI is InChI=1S/C21H28N2Si/c1-16-11-13-17(14-12-16)23-19(15-22)18-9-7-8-10-20(18)24(5,6)21(2,3)4/h7-14,19,23H,1-6H3. The van der Waals surface area contributed by atoms with Gasteiger partial charge in [0, 0.05) is 5.69 Å². The zero-order chi connectivity index (χ0) is 18.0. The van der Waals surface area contributed by atoms with Crippen LogP contribution in [-0.4, -0.2) is 8.07 Å². The molecule has 126 valence electrons. The van der Waals surface area contributed by atoms with Crippen molar-refractivity contribution in [3.05, 3.63) is 59.7 Å². The highest BCUT2D eigenvalue weighted by molar-refractivity contribution is 6.92. The first-order valence-electron chi connectivity index (χ1n) is 8.49. The molecule has 0 saturated carbocycles. The lowest BCUT2D eigenvalue weighted by Crippen LogP contribution is -2.51. The molecule has 0 bridgehead atoms. The average Bonchev–Trinajstić information content (AvgIpc) is 2.53. The molecule has 1 unspecified atom stereocenters. The zero-order valence-electron chi connectivity index (χ0n) is 15.6. The fourth-order valence-electron chi connectivity index (χ4n) is 2.72. The van der Waals surface area contributed by atoms with E-state index in [0.29, 0.717) is 0 Å². The van der Waals surface area contributed by atoms with Crippen molar-refractivity contribution in [1.82, 2.24) is 0 Å². The molecule has 2 nitrogen and oxygen atoms in total. The molecule has 1 N–H and O–H groups in total. The maximum atomic E-state index is 9.79. The Morgan fingerprint density at radius 3 is 2.12 bits per heavy atom. The van der Waals surface area contributed by atoms with Crippen molar-refractivity contribution in [2.45, 2.75) is 51.9 Å². The largest absolute Gasteiger partial charge is 0.366 e. The van der Waals surface area contributed by atoms with Crippen LogP contribution < -0.4 is 10.5 Å². The third-order valence-corrected chi connectivity index (χ3v) is 10.9. The summed E-state index contributed by atoms with van der Waals surface area (Å²) in [6, 6.07) is 18.8. The summed E-state index contributed by atoms with van der Waals surface area (Å²) in [4.78, 5) is 0. The van der Waals surface area contributed by atoms with Crippen LogP contribution >= 0.6 is 0 Å². The van der Waals surface area contributed by atoms with Crippen molar-refractivity contribution >= 4 is 18.9 Å². The van der Waals surface area contributed by atoms with Crippen LogP contribution in [-0.2, 0) is 0 Å².